The lowest BCUT2D eigenvalue weighted by molar-refractivity contribution is -0.120. The smallest absolute Gasteiger partial charge is 0.243 e. The number of thioether (sulfide) groups is 1. The summed E-state index contributed by atoms with van der Waals surface area (Å²) < 4.78 is 10.7. The number of halogens is 1. The number of hydrogen-bond acceptors (Lipinski definition) is 5. The van der Waals surface area contributed by atoms with E-state index in [1.54, 1.807) is 0 Å². The van der Waals surface area contributed by atoms with Crippen LogP contribution in [-0.4, -0.2) is 50.2 Å². The second-order valence-electron chi connectivity index (χ2n) is 5.89. The van der Waals surface area contributed by atoms with E-state index < -0.39 is 0 Å². The Morgan fingerprint density at radius 3 is 2.83 bits per heavy atom. The van der Waals surface area contributed by atoms with Crippen LogP contribution in [0.1, 0.15) is 18.4 Å². The van der Waals surface area contributed by atoms with Crippen LogP contribution in [0.25, 0.3) is 0 Å². The highest BCUT2D eigenvalue weighted by atomic mass is 35.5. The second-order valence-corrected chi connectivity index (χ2v) is 7.18. The van der Waals surface area contributed by atoms with Gasteiger partial charge in [-0.2, -0.15) is 11.8 Å². The van der Waals surface area contributed by atoms with Crippen LogP contribution in [0.2, 0.25) is 0 Å². The van der Waals surface area contributed by atoms with E-state index >= 15 is 0 Å². The molecule has 1 aromatic carbocycles. The lowest BCUT2D eigenvalue weighted by Crippen LogP contribution is -2.48. The number of carbonyl (C=O) groups excluding carboxylic acids is 1. The number of nitrogens with one attached hydrogen (secondary N) is 2. The average Bonchev–Trinajstić information content (AvgIpc) is 2.62. The third kappa shape index (κ3) is 5.93. The molecule has 2 aliphatic heterocycles. The number of morpholine rings is 1. The van der Waals surface area contributed by atoms with Crippen molar-refractivity contribution in [2.75, 3.05) is 38.3 Å². The van der Waals surface area contributed by atoms with Crippen LogP contribution in [-0.2, 0) is 20.0 Å². The molecule has 1 atom stereocenters. The molecular weight excluding hydrogens is 348 g/mol. The molecule has 2 fully saturated rings. The Morgan fingerprint density at radius 2 is 2.08 bits per heavy atom. The predicted molar refractivity (Wildman–Crippen MR) is 100 cm³/mol. The number of benzene rings is 1. The van der Waals surface area contributed by atoms with Crippen molar-refractivity contribution in [1.82, 2.24) is 5.32 Å². The Labute approximate surface area is 153 Å². The van der Waals surface area contributed by atoms with Crippen molar-refractivity contribution in [3.05, 3.63) is 29.8 Å². The van der Waals surface area contributed by atoms with Crippen LogP contribution in [0.5, 0.6) is 0 Å². The zero-order valence-electron chi connectivity index (χ0n) is 13.7. The highest BCUT2D eigenvalue weighted by Gasteiger charge is 2.21. The van der Waals surface area contributed by atoms with Crippen molar-refractivity contribution in [3.8, 4) is 0 Å². The normalized spacial score (nSPS) is 21.8. The van der Waals surface area contributed by atoms with E-state index in [9.17, 15) is 4.79 Å². The van der Waals surface area contributed by atoms with Gasteiger partial charge < -0.3 is 20.1 Å². The maximum Gasteiger partial charge on any atom is 0.243 e. The first-order chi connectivity index (χ1) is 11.3. The third-order valence-electron chi connectivity index (χ3n) is 4.09. The van der Waals surface area contributed by atoms with Crippen LogP contribution in [0.3, 0.4) is 0 Å². The molecule has 1 amide bonds. The van der Waals surface area contributed by atoms with Gasteiger partial charge in [0.2, 0.25) is 5.91 Å². The summed E-state index contributed by atoms with van der Waals surface area (Å²) >= 11 is 1.98. The number of rotatable bonds is 5. The summed E-state index contributed by atoms with van der Waals surface area (Å²) in [7, 11) is 0. The molecule has 5 nitrogen and oxygen atoms in total. The summed E-state index contributed by atoms with van der Waals surface area (Å²) in [5.74, 6) is 0.943. The largest absolute Gasteiger partial charge is 0.381 e. The fraction of sp³-hybridized carbons (Fsp3) is 0.588. The molecule has 0 aromatic heterocycles. The molecule has 3 rings (SSSR count). The van der Waals surface area contributed by atoms with Crippen molar-refractivity contribution < 1.29 is 14.3 Å². The second kappa shape index (κ2) is 10.3. The minimum Gasteiger partial charge on any atom is -0.381 e. The monoisotopic (exact) mass is 372 g/mol. The molecule has 24 heavy (non-hydrogen) atoms. The van der Waals surface area contributed by atoms with Gasteiger partial charge in [0.25, 0.3) is 0 Å². The van der Waals surface area contributed by atoms with Crippen LogP contribution in [0.4, 0.5) is 5.69 Å². The molecule has 0 radical (unpaired) electrons. The minimum atomic E-state index is -0.260. The van der Waals surface area contributed by atoms with Gasteiger partial charge in [0.05, 0.1) is 13.2 Å². The molecule has 1 unspecified atom stereocenters. The Bertz CT molecular complexity index is 520. The van der Waals surface area contributed by atoms with Gasteiger partial charge in [0.15, 0.2) is 0 Å². The summed E-state index contributed by atoms with van der Waals surface area (Å²) in [6.07, 6.45) is 2.27. The van der Waals surface area contributed by atoms with Crippen LogP contribution < -0.4 is 10.6 Å². The number of amides is 1. The zero-order chi connectivity index (χ0) is 15.9. The molecule has 2 N–H and O–H groups in total. The van der Waals surface area contributed by atoms with E-state index in [1.807, 2.05) is 23.9 Å². The third-order valence-corrected chi connectivity index (χ3v) is 5.53. The number of anilines is 1. The summed E-state index contributed by atoms with van der Waals surface area (Å²) in [4.78, 5) is 12.2. The molecule has 0 spiro atoms. The van der Waals surface area contributed by atoms with E-state index in [4.69, 9.17) is 9.47 Å². The Balaban J connectivity index is 0.00000208. The first-order valence-corrected chi connectivity index (χ1v) is 9.26. The highest BCUT2D eigenvalue weighted by molar-refractivity contribution is 7.99. The summed E-state index contributed by atoms with van der Waals surface area (Å²) in [5, 5.41) is 6.83. The zero-order valence-corrected chi connectivity index (χ0v) is 15.3. The van der Waals surface area contributed by atoms with E-state index in [1.165, 1.54) is 5.56 Å². The quantitative estimate of drug-likeness (QED) is 0.831. The molecule has 0 aliphatic carbocycles. The fourth-order valence-corrected chi connectivity index (χ4v) is 3.89. The van der Waals surface area contributed by atoms with Crippen LogP contribution in [0.15, 0.2) is 24.3 Å². The molecule has 2 heterocycles. The van der Waals surface area contributed by atoms with Gasteiger partial charge >= 0.3 is 0 Å². The number of hydrogen-bond donors (Lipinski definition) is 2. The molecule has 2 aliphatic rings. The first kappa shape index (κ1) is 19.5. The summed E-state index contributed by atoms with van der Waals surface area (Å²) in [6.45, 7) is 3.59. The van der Waals surface area contributed by atoms with Gasteiger partial charge in [-0.25, -0.2) is 0 Å². The highest BCUT2D eigenvalue weighted by Crippen LogP contribution is 2.26. The van der Waals surface area contributed by atoms with Gasteiger partial charge in [-0.1, -0.05) is 12.1 Å². The van der Waals surface area contributed by atoms with Crippen molar-refractivity contribution >= 4 is 35.8 Å². The molecule has 0 saturated carbocycles. The van der Waals surface area contributed by atoms with E-state index in [0.29, 0.717) is 18.5 Å². The molecule has 0 bridgehead atoms. The van der Waals surface area contributed by atoms with Gasteiger partial charge in [-0.15, -0.1) is 12.4 Å². The Hall–Kier alpha value is -0.790. The van der Waals surface area contributed by atoms with Gasteiger partial charge in [-0.05, 0) is 30.5 Å². The average molecular weight is 373 g/mol. The summed E-state index contributed by atoms with van der Waals surface area (Å²) in [6, 6.07) is 7.85. The number of carbonyl (C=O) groups is 1. The molecule has 2 saturated heterocycles. The van der Waals surface area contributed by atoms with E-state index in [-0.39, 0.29) is 24.4 Å². The SMILES string of the molecule is Cl.O=C(Nc1cccc(CSC2CCOCC2)c1)C1COCCN1. The lowest BCUT2D eigenvalue weighted by atomic mass is 10.2. The van der Waals surface area contributed by atoms with Crippen molar-refractivity contribution in [1.29, 1.82) is 0 Å². The maximum atomic E-state index is 12.2. The Morgan fingerprint density at radius 1 is 1.25 bits per heavy atom. The first-order valence-electron chi connectivity index (χ1n) is 8.21. The standard InChI is InChI=1S/C17H24N2O3S.ClH/c20-17(16-11-22-9-6-18-16)19-14-3-1-2-13(10-14)12-23-15-4-7-21-8-5-15;/h1-3,10,15-16,18H,4-9,11-12H2,(H,19,20);1H. The predicted octanol–water partition coefficient (Wildman–Crippen LogP) is 2.45. The maximum absolute atomic E-state index is 12.2. The number of ether oxygens (including phenoxy) is 2. The topological polar surface area (TPSA) is 59.6 Å². The van der Waals surface area contributed by atoms with Crippen LogP contribution >= 0.6 is 24.2 Å². The van der Waals surface area contributed by atoms with Gasteiger partial charge in [0, 0.05) is 36.4 Å². The van der Waals surface area contributed by atoms with E-state index in [2.05, 4.69) is 22.8 Å². The van der Waals surface area contributed by atoms with Crippen molar-refractivity contribution in [2.45, 2.75) is 29.9 Å². The molecule has 7 heteroatoms. The van der Waals surface area contributed by atoms with Crippen LogP contribution in [0, 0.1) is 0 Å². The molecule has 134 valence electrons. The van der Waals surface area contributed by atoms with Crippen molar-refractivity contribution in [2.24, 2.45) is 0 Å². The molecule has 1 aromatic rings. The lowest BCUT2D eigenvalue weighted by Gasteiger charge is -2.23. The van der Waals surface area contributed by atoms with Crippen molar-refractivity contribution in [3.63, 3.8) is 0 Å². The van der Waals surface area contributed by atoms with Gasteiger partial charge in [-0.3, -0.25) is 4.79 Å². The van der Waals surface area contributed by atoms with E-state index in [0.717, 1.165) is 44.0 Å². The van der Waals surface area contributed by atoms with Gasteiger partial charge in [0.1, 0.15) is 6.04 Å². The molecular formula is C17H25ClN2O3S. The minimum absolute atomic E-state index is 0. The summed E-state index contributed by atoms with van der Waals surface area (Å²) in [5.41, 5.74) is 2.10. The fourth-order valence-electron chi connectivity index (χ4n) is 2.76. The Kier molecular flexibility index (Phi) is 8.35.